The number of halogens is 5. The molecule has 0 aliphatic rings. The monoisotopic (exact) mass is 476 g/mol. The summed E-state index contributed by atoms with van der Waals surface area (Å²) in [6, 6.07) is 10.4. The number of nitrogens with zero attached hydrogens (tertiary/aromatic N) is 1. The predicted molar refractivity (Wildman–Crippen MR) is 111 cm³/mol. The molecule has 0 saturated carbocycles. The lowest BCUT2D eigenvalue weighted by molar-refractivity contribution is -0.199. The Morgan fingerprint density at radius 1 is 1.23 bits per heavy atom. The van der Waals surface area contributed by atoms with Gasteiger partial charge in [-0.3, -0.25) is 4.79 Å². The third kappa shape index (κ3) is 4.97. The van der Waals surface area contributed by atoms with E-state index in [0.29, 0.717) is 16.3 Å². The summed E-state index contributed by atoms with van der Waals surface area (Å²) in [6.45, 7) is 0. The molecule has 0 aliphatic carbocycles. The average Bonchev–Trinajstić information content (AvgIpc) is 3.04. The van der Waals surface area contributed by atoms with E-state index in [1.54, 1.807) is 25.3 Å². The number of hydrazone groups is 1. The number of hydrogen-bond donors (Lipinski definition) is 1. The van der Waals surface area contributed by atoms with Crippen LogP contribution in [0.4, 0.5) is 13.2 Å². The SMILES string of the molecule is COc1ccc2c(Cl)c(C(=O)N/N=C/c3ccc(OC(F)(F)C(F)Cl)cc3)sc2c1. The van der Waals surface area contributed by atoms with Gasteiger partial charge in [0, 0.05) is 10.1 Å². The van der Waals surface area contributed by atoms with Gasteiger partial charge in [0.05, 0.1) is 18.3 Å². The fourth-order valence-corrected chi connectivity index (χ4v) is 3.84. The van der Waals surface area contributed by atoms with Crippen LogP contribution in [0.1, 0.15) is 15.2 Å². The molecule has 11 heteroatoms. The highest BCUT2D eigenvalue weighted by Crippen LogP contribution is 2.37. The first kappa shape index (κ1) is 22.2. The van der Waals surface area contributed by atoms with Crippen molar-refractivity contribution in [1.29, 1.82) is 0 Å². The summed E-state index contributed by atoms with van der Waals surface area (Å²) < 4.78 is 49.0. The molecule has 1 heterocycles. The molecule has 1 N–H and O–H groups in total. The Balaban J connectivity index is 1.66. The maximum Gasteiger partial charge on any atom is 0.444 e. The summed E-state index contributed by atoms with van der Waals surface area (Å²) >= 11 is 12.2. The molecule has 5 nitrogen and oxygen atoms in total. The predicted octanol–water partition coefficient (Wildman–Crippen LogP) is 5.83. The van der Waals surface area contributed by atoms with Crippen molar-refractivity contribution in [2.75, 3.05) is 7.11 Å². The molecule has 0 fully saturated rings. The molecule has 3 aromatic rings. The number of carbonyl (C=O) groups excluding carboxylic acids is 1. The van der Waals surface area contributed by atoms with E-state index in [0.717, 1.165) is 10.1 Å². The molecular weight excluding hydrogens is 464 g/mol. The van der Waals surface area contributed by atoms with Gasteiger partial charge in [0.2, 0.25) is 0 Å². The van der Waals surface area contributed by atoms with Crippen LogP contribution in [0.2, 0.25) is 5.02 Å². The molecule has 158 valence electrons. The Labute approximate surface area is 183 Å². The molecule has 0 saturated heterocycles. The summed E-state index contributed by atoms with van der Waals surface area (Å²) in [7, 11) is 1.54. The van der Waals surface area contributed by atoms with Crippen molar-refractivity contribution < 1.29 is 27.4 Å². The average molecular weight is 477 g/mol. The molecule has 0 aliphatic heterocycles. The first-order valence-electron chi connectivity index (χ1n) is 8.25. The first-order valence-corrected chi connectivity index (χ1v) is 9.89. The summed E-state index contributed by atoms with van der Waals surface area (Å²) in [6.07, 6.45) is -2.86. The number of alkyl halides is 4. The molecule has 1 unspecified atom stereocenters. The van der Waals surface area contributed by atoms with Crippen LogP contribution in [-0.4, -0.2) is 31.0 Å². The molecule has 0 bridgehead atoms. The Morgan fingerprint density at radius 2 is 1.90 bits per heavy atom. The van der Waals surface area contributed by atoms with E-state index in [1.165, 1.54) is 41.8 Å². The standard InChI is InChI=1S/C19H13Cl2F3N2O3S/c1-28-12-6-7-13-14(8-12)30-16(15(13)20)17(27)26-25-9-10-2-4-11(5-3-10)29-19(23,24)18(21)22/h2-9,18H,1H3,(H,26,27)/b25-9+. The van der Waals surface area contributed by atoms with Gasteiger partial charge in [0.1, 0.15) is 16.4 Å². The van der Waals surface area contributed by atoms with Gasteiger partial charge in [-0.1, -0.05) is 23.2 Å². The number of methoxy groups -OCH3 is 1. The maximum atomic E-state index is 13.1. The second-order valence-corrected chi connectivity index (χ2v) is 7.65. The van der Waals surface area contributed by atoms with Gasteiger partial charge in [-0.15, -0.1) is 11.3 Å². The van der Waals surface area contributed by atoms with E-state index < -0.39 is 17.6 Å². The highest BCUT2D eigenvalue weighted by molar-refractivity contribution is 7.21. The maximum absolute atomic E-state index is 13.1. The van der Waals surface area contributed by atoms with Crippen molar-refractivity contribution >= 4 is 56.7 Å². The molecule has 3 rings (SSSR count). The fourth-order valence-electron chi connectivity index (χ4n) is 2.36. The summed E-state index contributed by atoms with van der Waals surface area (Å²) in [4.78, 5) is 12.7. The Kier molecular flexibility index (Phi) is 6.74. The number of benzene rings is 2. The minimum absolute atomic E-state index is 0.281. The van der Waals surface area contributed by atoms with Crippen LogP contribution < -0.4 is 14.9 Å². The lowest BCUT2D eigenvalue weighted by atomic mass is 10.2. The van der Waals surface area contributed by atoms with Crippen molar-refractivity contribution in [3.63, 3.8) is 0 Å². The van der Waals surface area contributed by atoms with E-state index in [9.17, 15) is 18.0 Å². The molecule has 0 radical (unpaired) electrons. The minimum atomic E-state index is -4.15. The van der Waals surface area contributed by atoms with Gasteiger partial charge in [-0.25, -0.2) is 9.82 Å². The fraction of sp³-hybridized carbons (Fsp3) is 0.158. The number of ether oxygens (including phenoxy) is 2. The number of nitrogens with one attached hydrogen (secondary N) is 1. The van der Waals surface area contributed by atoms with Gasteiger partial charge in [0.25, 0.3) is 11.5 Å². The van der Waals surface area contributed by atoms with Crippen molar-refractivity contribution in [1.82, 2.24) is 5.43 Å². The van der Waals surface area contributed by atoms with E-state index in [-0.39, 0.29) is 10.6 Å². The zero-order chi connectivity index (χ0) is 21.9. The van der Waals surface area contributed by atoms with Gasteiger partial charge in [-0.05, 0) is 48.0 Å². The molecule has 1 amide bonds. The third-order valence-corrected chi connectivity index (χ3v) is 5.72. The molecule has 1 atom stereocenters. The summed E-state index contributed by atoms with van der Waals surface area (Å²) in [5.41, 5.74) is -0.151. The van der Waals surface area contributed by atoms with E-state index >= 15 is 0 Å². The number of thiophene rings is 1. The highest BCUT2D eigenvalue weighted by Gasteiger charge is 2.42. The largest absolute Gasteiger partial charge is 0.497 e. The zero-order valence-corrected chi connectivity index (χ0v) is 17.5. The van der Waals surface area contributed by atoms with Crippen molar-refractivity contribution in [3.05, 3.63) is 57.9 Å². The lowest BCUT2D eigenvalue weighted by Crippen LogP contribution is -2.32. The summed E-state index contributed by atoms with van der Waals surface area (Å²) in [5, 5.41) is 4.85. The second-order valence-electron chi connectivity index (χ2n) is 5.84. The van der Waals surface area contributed by atoms with E-state index in [2.05, 4.69) is 15.3 Å². The molecule has 30 heavy (non-hydrogen) atoms. The molecule has 0 spiro atoms. The van der Waals surface area contributed by atoms with Crippen molar-refractivity contribution in [2.24, 2.45) is 5.10 Å². The van der Waals surface area contributed by atoms with Crippen LogP contribution in [0, 0.1) is 0 Å². The number of carbonyl (C=O) groups is 1. The molecular formula is C19H13Cl2F3N2O3S. The Bertz CT molecular complexity index is 1090. The van der Waals surface area contributed by atoms with Gasteiger partial charge in [0.15, 0.2) is 0 Å². The number of amides is 1. The van der Waals surface area contributed by atoms with Crippen LogP contribution in [0.5, 0.6) is 11.5 Å². The topological polar surface area (TPSA) is 59.9 Å². The van der Waals surface area contributed by atoms with E-state index in [4.69, 9.17) is 27.9 Å². The quantitative estimate of drug-likeness (QED) is 0.265. The third-order valence-electron chi connectivity index (χ3n) is 3.81. The second kappa shape index (κ2) is 9.11. The summed E-state index contributed by atoms with van der Waals surface area (Å²) in [5.74, 6) is -0.146. The van der Waals surface area contributed by atoms with Crippen LogP contribution >= 0.6 is 34.5 Å². The van der Waals surface area contributed by atoms with Crippen LogP contribution in [0.15, 0.2) is 47.6 Å². The normalized spacial score (nSPS) is 12.9. The first-order chi connectivity index (χ1) is 14.2. The smallest absolute Gasteiger partial charge is 0.444 e. The van der Waals surface area contributed by atoms with Gasteiger partial charge in [-0.2, -0.15) is 13.9 Å². The minimum Gasteiger partial charge on any atom is -0.497 e. The van der Waals surface area contributed by atoms with Gasteiger partial charge < -0.3 is 9.47 Å². The van der Waals surface area contributed by atoms with Crippen LogP contribution in [-0.2, 0) is 0 Å². The Morgan fingerprint density at radius 3 is 2.53 bits per heavy atom. The number of rotatable bonds is 7. The zero-order valence-electron chi connectivity index (χ0n) is 15.2. The number of fused-ring (bicyclic) bond motifs is 1. The van der Waals surface area contributed by atoms with Crippen LogP contribution in [0.3, 0.4) is 0 Å². The van der Waals surface area contributed by atoms with E-state index in [1.807, 2.05) is 0 Å². The Hall–Kier alpha value is -2.49. The highest BCUT2D eigenvalue weighted by atomic mass is 35.5. The van der Waals surface area contributed by atoms with Gasteiger partial charge >= 0.3 is 6.11 Å². The molecule has 1 aromatic heterocycles. The van der Waals surface area contributed by atoms with Crippen molar-refractivity contribution in [3.8, 4) is 11.5 Å². The van der Waals surface area contributed by atoms with Crippen LogP contribution in [0.25, 0.3) is 10.1 Å². The van der Waals surface area contributed by atoms with Crippen molar-refractivity contribution in [2.45, 2.75) is 11.7 Å². The molecule has 2 aromatic carbocycles. The number of hydrogen-bond acceptors (Lipinski definition) is 5. The lowest BCUT2D eigenvalue weighted by Gasteiger charge is -2.17.